The molecule has 49 heavy (non-hydrogen) atoms. The van der Waals surface area contributed by atoms with Gasteiger partial charge >= 0.3 is 0 Å². The second-order valence-electron chi connectivity index (χ2n) is 12.0. The van der Waals surface area contributed by atoms with Gasteiger partial charge in [0.25, 0.3) is 0 Å². The molecule has 4 aromatic carbocycles. The van der Waals surface area contributed by atoms with E-state index in [1.807, 2.05) is 6.07 Å². The number of hydrogen-bond acceptors (Lipinski definition) is 3. The number of rotatable bonds is 5. The van der Waals surface area contributed by atoms with Crippen molar-refractivity contribution in [2.24, 2.45) is 0 Å². The van der Waals surface area contributed by atoms with Gasteiger partial charge in [0.05, 0.1) is 45.2 Å². The molecule has 5 nitrogen and oxygen atoms in total. The molecule has 0 radical (unpaired) electrons. The number of aromatic nitrogens is 4. The Morgan fingerprint density at radius 1 is 0.469 bits per heavy atom. The van der Waals surface area contributed by atoms with Crippen molar-refractivity contribution in [1.29, 1.82) is 0 Å². The highest BCUT2D eigenvalue weighted by molar-refractivity contribution is 5.94. The number of aromatic amines is 1. The maximum Gasteiger partial charge on any atom is 0.0737 e. The number of nitrogens with one attached hydrogen (secondary N) is 1. The highest BCUT2D eigenvalue weighted by Crippen LogP contribution is 2.36. The maximum atomic E-state index is 5.23. The van der Waals surface area contributed by atoms with Crippen LogP contribution in [0.2, 0.25) is 0 Å². The quantitative estimate of drug-likeness (QED) is 0.206. The van der Waals surface area contributed by atoms with E-state index in [4.69, 9.17) is 9.97 Å². The largest absolute Gasteiger partial charge is 0.355 e. The molecule has 1 N–H and O–H groups in total. The molecule has 3 aromatic heterocycles. The van der Waals surface area contributed by atoms with E-state index in [1.54, 1.807) is 0 Å². The fourth-order valence-electron chi connectivity index (χ4n) is 6.71. The summed E-state index contributed by atoms with van der Waals surface area (Å²) >= 11 is 0. The zero-order chi connectivity index (χ0) is 32.6. The Morgan fingerprint density at radius 2 is 1.00 bits per heavy atom. The van der Waals surface area contributed by atoms with Gasteiger partial charge in [0.1, 0.15) is 0 Å². The highest BCUT2D eigenvalue weighted by atomic mass is 15.6. The molecule has 2 aliphatic rings. The van der Waals surface area contributed by atoms with Gasteiger partial charge < -0.3 is 4.98 Å². The van der Waals surface area contributed by atoms with Gasteiger partial charge in [0.2, 0.25) is 0 Å². The molecule has 0 fully saturated rings. The Bertz CT molecular complexity index is 2490. The third-order valence-corrected chi connectivity index (χ3v) is 8.88. The minimum atomic E-state index is 0.871. The van der Waals surface area contributed by atoms with Crippen LogP contribution in [0.1, 0.15) is 22.8 Å². The average molecular weight is 630 g/mol. The topological polar surface area (TPSA) is 49.7 Å². The molecular weight excluding hydrogens is 599 g/mol. The van der Waals surface area contributed by atoms with Crippen LogP contribution in [0.25, 0.3) is 68.6 Å². The van der Waals surface area contributed by atoms with Gasteiger partial charge in [0.15, 0.2) is 0 Å². The van der Waals surface area contributed by atoms with Gasteiger partial charge in [-0.2, -0.15) is 0 Å². The molecule has 5 heteroatoms. The van der Waals surface area contributed by atoms with Crippen LogP contribution in [-0.2, 0) is 0 Å². The van der Waals surface area contributed by atoms with Gasteiger partial charge in [0, 0.05) is 22.2 Å². The van der Waals surface area contributed by atoms with Crippen molar-refractivity contribution in [2.75, 3.05) is 5.01 Å². The van der Waals surface area contributed by atoms with Gasteiger partial charge in [-0.3, -0.25) is 0 Å². The van der Waals surface area contributed by atoms with Crippen molar-refractivity contribution in [1.82, 2.24) is 19.6 Å². The minimum Gasteiger partial charge on any atom is -0.355 e. The van der Waals surface area contributed by atoms with Crippen LogP contribution in [0.5, 0.6) is 0 Å². The summed E-state index contributed by atoms with van der Waals surface area (Å²) in [6.45, 7) is 0. The van der Waals surface area contributed by atoms with E-state index in [9.17, 15) is 0 Å². The van der Waals surface area contributed by atoms with Gasteiger partial charge in [-0.05, 0) is 96.1 Å². The summed E-state index contributed by atoms with van der Waals surface area (Å²) in [7, 11) is 0. The molecule has 2 aliphatic heterocycles. The third-order valence-electron chi connectivity index (χ3n) is 8.88. The Labute approximate surface area is 284 Å². The van der Waals surface area contributed by atoms with Crippen molar-refractivity contribution in [2.45, 2.75) is 0 Å². The predicted molar refractivity (Wildman–Crippen MR) is 204 cm³/mol. The summed E-state index contributed by atoms with van der Waals surface area (Å²) in [4.78, 5) is 14.1. The summed E-state index contributed by atoms with van der Waals surface area (Å²) in [5.74, 6) is 0. The Morgan fingerprint density at radius 3 is 1.61 bits per heavy atom. The molecule has 0 unspecified atom stereocenters. The van der Waals surface area contributed by atoms with E-state index in [0.717, 1.165) is 78.5 Å². The molecule has 5 heterocycles. The number of nitrogens with zero attached hydrogens (tertiary/aromatic N) is 4. The van der Waals surface area contributed by atoms with Crippen LogP contribution >= 0.6 is 0 Å². The van der Waals surface area contributed by atoms with E-state index in [0.29, 0.717) is 0 Å². The van der Waals surface area contributed by atoms with E-state index >= 15 is 0 Å². The predicted octanol–water partition coefficient (Wildman–Crippen LogP) is 11.1. The van der Waals surface area contributed by atoms with Gasteiger partial charge in [-0.25, -0.2) is 19.7 Å². The first kappa shape index (κ1) is 28.5. The molecule has 0 atom stereocenters. The zero-order valence-electron chi connectivity index (χ0n) is 26.6. The lowest BCUT2D eigenvalue weighted by molar-refractivity contribution is 0.884. The lowest BCUT2D eigenvalue weighted by Gasteiger charge is -2.28. The molecule has 0 spiro atoms. The number of benzene rings is 4. The van der Waals surface area contributed by atoms with Gasteiger partial charge in [-0.15, -0.1) is 0 Å². The highest BCUT2D eigenvalue weighted by Gasteiger charge is 2.20. The maximum absolute atomic E-state index is 5.23. The Hall–Kier alpha value is -6.72. The first-order valence-electron chi connectivity index (χ1n) is 16.4. The minimum absolute atomic E-state index is 0.871. The lowest BCUT2D eigenvalue weighted by atomic mass is 10.0. The molecule has 0 saturated carbocycles. The summed E-state index contributed by atoms with van der Waals surface area (Å²) in [6, 6.07) is 54.9. The standard InChI is InChI=1S/C44H31N5/c1-5-13-31(14-6-1)43-39-25-21-33(45-39)29-34-22-27-41(46-34)44(32-15-7-2-8-16-32)42-28-24-38(30-35-23-26-40(43)47-35)49(42)48(36-17-9-3-10-18-36)37-19-11-4-12-20-37/h1-30,45H. The summed E-state index contributed by atoms with van der Waals surface area (Å²) in [5, 5.41) is 2.27. The smallest absolute Gasteiger partial charge is 0.0737 e. The molecule has 7 aromatic rings. The molecular formula is C44H31N5. The van der Waals surface area contributed by atoms with E-state index in [-0.39, 0.29) is 0 Å². The van der Waals surface area contributed by atoms with E-state index in [2.05, 4.69) is 191 Å². The Kier molecular flexibility index (Phi) is 7.06. The molecule has 0 amide bonds. The molecule has 8 bridgehead atoms. The third kappa shape index (κ3) is 5.33. The molecule has 0 aliphatic carbocycles. The zero-order valence-corrected chi connectivity index (χ0v) is 26.6. The van der Waals surface area contributed by atoms with E-state index in [1.165, 1.54) is 0 Å². The van der Waals surface area contributed by atoms with Crippen molar-refractivity contribution in [3.63, 3.8) is 0 Å². The van der Waals surface area contributed by atoms with Gasteiger partial charge in [-0.1, -0.05) is 97.1 Å². The number of fused-ring (bicyclic) bond motifs is 8. The number of hydrogen-bond donors (Lipinski definition) is 1. The molecule has 232 valence electrons. The molecule has 9 rings (SSSR count). The van der Waals surface area contributed by atoms with Crippen LogP contribution < -0.4 is 5.01 Å². The normalized spacial score (nSPS) is 11.9. The van der Waals surface area contributed by atoms with Crippen LogP contribution in [0.15, 0.2) is 158 Å². The summed E-state index contributed by atoms with van der Waals surface area (Å²) in [5.41, 5.74) is 13.9. The summed E-state index contributed by atoms with van der Waals surface area (Å²) in [6.07, 6.45) is 8.43. The van der Waals surface area contributed by atoms with Crippen molar-refractivity contribution >= 4 is 57.7 Å². The fraction of sp³-hybridized carbons (Fsp3) is 0. The van der Waals surface area contributed by atoms with Crippen LogP contribution in [-0.4, -0.2) is 19.6 Å². The fourth-order valence-corrected chi connectivity index (χ4v) is 6.71. The Balaban J connectivity index is 1.45. The SMILES string of the molecule is C1=Cc2nc1cc1ccc(c(-c3ccccc3)c3nc(cc4ccc([nH]4)c2-c2ccccc2)C=C3)n1N(c1ccccc1)c1ccccc1. The lowest BCUT2D eigenvalue weighted by Crippen LogP contribution is -2.24. The molecule has 0 saturated heterocycles. The van der Waals surface area contributed by atoms with Crippen molar-refractivity contribution < 1.29 is 0 Å². The second kappa shape index (κ2) is 12.1. The summed E-state index contributed by atoms with van der Waals surface area (Å²) < 4.78 is 2.30. The monoisotopic (exact) mass is 629 g/mol. The van der Waals surface area contributed by atoms with E-state index < -0.39 is 0 Å². The number of anilines is 2. The number of H-pyrrole nitrogens is 1. The van der Waals surface area contributed by atoms with Crippen molar-refractivity contribution in [3.8, 4) is 22.3 Å². The first-order valence-corrected chi connectivity index (χ1v) is 16.4. The average Bonchev–Trinajstić information content (AvgIpc) is 3.98. The van der Waals surface area contributed by atoms with Crippen LogP contribution in [0, 0.1) is 0 Å². The first-order chi connectivity index (χ1) is 24.3. The van der Waals surface area contributed by atoms with Crippen LogP contribution in [0.3, 0.4) is 0 Å². The second-order valence-corrected chi connectivity index (χ2v) is 12.0. The number of para-hydroxylation sites is 2. The van der Waals surface area contributed by atoms with Crippen LogP contribution in [0.4, 0.5) is 11.4 Å². The van der Waals surface area contributed by atoms with Crippen molar-refractivity contribution in [3.05, 3.63) is 181 Å².